The van der Waals surface area contributed by atoms with Gasteiger partial charge in [0, 0.05) is 24.4 Å². The number of aryl methyl sites for hydroxylation is 1. The van der Waals surface area contributed by atoms with E-state index in [9.17, 15) is 14.7 Å². The van der Waals surface area contributed by atoms with Crippen LogP contribution in [0.3, 0.4) is 0 Å². The Morgan fingerprint density at radius 3 is 2.44 bits per heavy atom. The number of hydrogen-bond donors (Lipinski definition) is 2. The van der Waals surface area contributed by atoms with E-state index in [0.29, 0.717) is 22.8 Å². The minimum atomic E-state index is -1.02. The van der Waals surface area contributed by atoms with Gasteiger partial charge >= 0.3 is 5.97 Å². The van der Waals surface area contributed by atoms with Crippen molar-refractivity contribution in [2.24, 2.45) is 7.05 Å². The molecule has 0 aliphatic rings. The summed E-state index contributed by atoms with van der Waals surface area (Å²) in [5.41, 5.74) is 1.97. The standard InChI is InChI=1S/C18H22N2O5/c1-11-5-8-15(20(11)2)18(23)19-14(10-17(21)22)13-7-6-12(24-3)9-16(13)25-4/h5-9,14H,10H2,1-4H3,(H,19,23)(H,21,22). The van der Waals surface area contributed by atoms with Crippen molar-refractivity contribution < 1.29 is 24.2 Å². The number of carboxylic acids is 1. The van der Waals surface area contributed by atoms with E-state index in [2.05, 4.69) is 5.32 Å². The van der Waals surface area contributed by atoms with E-state index in [1.165, 1.54) is 14.2 Å². The first kappa shape index (κ1) is 18.4. The van der Waals surface area contributed by atoms with Crippen LogP contribution in [0.25, 0.3) is 0 Å². The van der Waals surface area contributed by atoms with E-state index in [0.717, 1.165) is 5.69 Å². The molecule has 1 heterocycles. The molecular weight excluding hydrogens is 324 g/mol. The lowest BCUT2D eigenvalue weighted by Gasteiger charge is -2.20. The average Bonchev–Trinajstić information content (AvgIpc) is 2.92. The number of methoxy groups -OCH3 is 2. The largest absolute Gasteiger partial charge is 0.497 e. The summed E-state index contributed by atoms with van der Waals surface area (Å²) in [6, 6.07) is 7.85. The van der Waals surface area contributed by atoms with Gasteiger partial charge in [0.05, 0.1) is 26.7 Å². The number of nitrogens with zero attached hydrogens (tertiary/aromatic N) is 1. The number of ether oxygens (including phenoxy) is 2. The molecule has 2 aromatic rings. The molecule has 2 N–H and O–H groups in total. The molecular formula is C18H22N2O5. The van der Waals surface area contributed by atoms with Gasteiger partial charge in [0.25, 0.3) is 5.91 Å². The monoisotopic (exact) mass is 346 g/mol. The lowest BCUT2D eigenvalue weighted by Crippen LogP contribution is -2.31. The Kier molecular flexibility index (Phi) is 5.69. The fraction of sp³-hybridized carbons (Fsp3) is 0.333. The highest BCUT2D eigenvalue weighted by molar-refractivity contribution is 5.93. The highest BCUT2D eigenvalue weighted by atomic mass is 16.5. The molecule has 0 bridgehead atoms. The lowest BCUT2D eigenvalue weighted by atomic mass is 10.0. The maximum atomic E-state index is 12.6. The zero-order valence-electron chi connectivity index (χ0n) is 14.7. The summed E-state index contributed by atoms with van der Waals surface area (Å²) in [5, 5.41) is 12.0. The van der Waals surface area contributed by atoms with E-state index in [1.54, 1.807) is 35.9 Å². The molecule has 1 aromatic carbocycles. The zero-order valence-corrected chi connectivity index (χ0v) is 14.7. The maximum absolute atomic E-state index is 12.6. The predicted octanol–water partition coefficient (Wildman–Crippen LogP) is 2.30. The van der Waals surface area contributed by atoms with Gasteiger partial charge in [-0.15, -0.1) is 0 Å². The molecule has 0 saturated carbocycles. The lowest BCUT2D eigenvalue weighted by molar-refractivity contribution is -0.137. The minimum absolute atomic E-state index is 0.266. The van der Waals surface area contributed by atoms with Crippen molar-refractivity contribution in [3.05, 3.63) is 47.3 Å². The van der Waals surface area contributed by atoms with Crippen molar-refractivity contribution in [3.8, 4) is 11.5 Å². The first-order valence-electron chi connectivity index (χ1n) is 7.74. The van der Waals surface area contributed by atoms with E-state index in [-0.39, 0.29) is 12.3 Å². The molecule has 25 heavy (non-hydrogen) atoms. The van der Waals surface area contributed by atoms with E-state index < -0.39 is 12.0 Å². The molecule has 2 rings (SSSR count). The van der Waals surface area contributed by atoms with Gasteiger partial charge in [-0.05, 0) is 31.2 Å². The Labute approximate surface area is 146 Å². The molecule has 0 saturated heterocycles. The third-order valence-electron chi connectivity index (χ3n) is 4.11. The third-order valence-corrected chi connectivity index (χ3v) is 4.11. The van der Waals surface area contributed by atoms with Gasteiger partial charge < -0.3 is 24.5 Å². The second-order valence-corrected chi connectivity index (χ2v) is 5.65. The molecule has 0 aliphatic carbocycles. The van der Waals surface area contributed by atoms with Crippen molar-refractivity contribution >= 4 is 11.9 Å². The SMILES string of the molecule is COc1ccc(C(CC(=O)O)NC(=O)c2ccc(C)n2C)c(OC)c1. The van der Waals surface area contributed by atoms with Gasteiger partial charge in [-0.1, -0.05) is 0 Å². The number of aromatic nitrogens is 1. The van der Waals surface area contributed by atoms with Gasteiger partial charge in [0.1, 0.15) is 17.2 Å². The number of nitrogens with one attached hydrogen (secondary N) is 1. The number of rotatable bonds is 7. The Balaban J connectivity index is 2.35. The van der Waals surface area contributed by atoms with Crippen LogP contribution >= 0.6 is 0 Å². The highest BCUT2D eigenvalue weighted by Gasteiger charge is 2.23. The fourth-order valence-corrected chi connectivity index (χ4v) is 2.59. The van der Waals surface area contributed by atoms with Gasteiger partial charge in [-0.2, -0.15) is 0 Å². The van der Waals surface area contributed by atoms with Crippen LogP contribution < -0.4 is 14.8 Å². The smallest absolute Gasteiger partial charge is 0.305 e. The highest BCUT2D eigenvalue weighted by Crippen LogP contribution is 2.31. The van der Waals surface area contributed by atoms with Gasteiger partial charge in [0.15, 0.2) is 0 Å². The summed E-state index contributed by atoms with van der Waals surface area (Å²) in [5.74, 6) is -0.334. The molecule has 1 amide bonds. The van der Waals surface area contributed by atoms with Crippen molar-refractivity contribution in [1.29, 1.82) is 0 Å². The summed E-state index contributed by atoms with van der Waals surface area (Å²) in [6.45, 7) is 1.89. The van der Waals surface area contributed by atoms with Crippen molar-refractivity contribution in [3.63, 3.8) is 0 Å². The molecule has 134 valence electrons. The zero-order chi connectivity index (χ0) is 18.6. The van der Waals surface area contributed by atoms with E-state index in [1.807, 2.05) is 13.0 Å². The van der Waals surface area contributed by atoms with Crippen LogP contribution in [0.5, 0.6) is 11.5 Å². The Morgan fingerprint density at radius 2 is 1.92 bits per heavy atom. The molecule has 0 fully saturated rings. The summed E-state index contributed by atoms with van der Waals surface area (Å²) in [7, 11) is 4.80. The molecule has 0 radical (unpaired) electrons. The second-order valence-electron chi connectivity index (χ2n) is 5.65. The first-order chi connectivity index (χ1) is 11.9. The topological polar surface area (TPSA) is 89.8 Å². The van der Waals surface area contributed by atoms with E-state index >= 15 is 0 Å². The summed E-state index contributed by atoms with van der Waals surface area (Å²) in [6.07, 6.45) is -0.266. The van der Waals surface area contributed by atoms with Crippen molar-refractivity contribution in [2.75, 3.05) is 14.2 Å². The number of hydrogen-bond acceptors (Lipinski definition) is 4. The van der Waals surface area contributed by atoms with Crippen molar-refractivity contribution in [2.45, 2.75) is 19.4 Å². The minimum Gasteiger partial charge on any atom is -0.497 e. The van der Waals surface area contributed by atoms with Crippen LogP contribution in [0.15, 0.2) is 30.3 Å². The van der Waals surface area contributed by atoms with Crippen LogP contribution in [-0.2, 0) is 11.8 Å². The second kappa shape index (κ2) is 7.74. The maximum Gasteiger partial charge on any atom is 0.305 e. The Hall–Kier alpha value is -2.96. The summed E-state index contributed by atoms with van der Waals surface area (Å²) < 4.78 is 12.2. The molecule has 1 unspecified atom stereocenters. The number of aliphatic carboxylic acids is 1. The number of carbonyl (C=O) groups excluding carboxylic acids is 1. The fourth-order valence-electron chi connectivity index (χ4n) is 2.59. The van der Waals surface area contributed by atoms with Gasteiger partial charge in [-0.25, -0.2) is 0 Å². The van der Waals surface area contributed by atoms with Crippen LogP contribution in [0.4, 0.5) is 0 Å². The third kappa shape index (κ3) is 4.12. The number of amides is 1. The molecule has 1 atom stereocenters. The number of carboxylic acid groups (broad SMARTS) is 1. The quantitative estimate of drug-likeness (QED) is 0.803. The molecule has 0 aliphatic heterocycles. The summed E-state index contributed by atoms with van der Waals surface area (Å²) >= 11 is 0. The van der Waals surface area contributed by atoms with Crippen molar-refractivity contribution in [1.82, 2.24) is 9.88 Å². The normalized spacial score (nSPS) is 11.7. The van der Waals surface area contributed by atoms with Gasteiger partial charge in [-0.3, -0.25) is 9.59 Å². The number of benzene rings is 1. The Bertz CT molecular complexity index is 782. The first-order valence-corrected chi connectivity index (χ1v) is 7.74. The van der Waals surface area contributed by atoms with Crippen LogP contribution in [-0.4, -0.2) is 35.8 Å². The molecule has 7 heteroatoms. The molecule has 1 aromatic heterocycles. The average molecular weight is 346 g/mol. The number of carbonyl (C=O) groups is 2. The predicted molar refractivity (Wildman–Crippen MR) is 92.2 cm³/mol. The van der Waals surface area contributed by atoms with Crippen LogP contribution in [0.2, 0.25) is 0 Å². The van der Waals surface area contributed by atoms with Gasteiger partial charge in [0.2, 0.25) is 0 Å². The van der Waals surface area contributed by atoms with Crippen LogP contribution in [0.1, 0.15) is 34.2 Å². The Morgan fingerprint density at radius 1 is 1.20 bits per heavy atom. The molecule has 7 nitrogen and oxygen atoms in total. The van der Waals surface area contributed by atoms with Crippen LogP contribution in [0, 0.1) is 6.92 Å². The molecule has 0 spiro atoms. The summed E-state index contributed by atoms with van der Waals surface area (Å²) in [4.78, 5) is 23.8. The van der Waals surface area contributed by atoms with E-state index in [4.69, 9.17) is 9.47 Å².